The third-order valence-electron chi connectivity index (χ3n) is 7.34. The molecule has 0 unspecified atom stereocenters. The van der Waals surface area contributed by atoms with Gasteiger partial charge in [0, 0.05) is 29.2 Å². The van der Waals surface area contributed by atoms with Gasteiger partial charge in [0.15, 0.2) is 0 Å². The molecule has 0 radical (unpaired) electrons. The Morgan fingerprint density at radius 2 is 1.67 bits per heavy atom. The molecule has 3 rings (SSSR count). The van der Waals surface area contributed by atoms with Crippen LogP contribution in [-0.4, -0.2) is 47.8 Å². The number of aryl methyl sites for hydroxylation is 1. The van der Waals surface area contributed by atoms with E-state index in [0.717, 1.165) is 42.1 Å². The second kappa shape index (κ2) is 17.7. The molecule has 0 saturated carbocycles. The van der Waals surface area contributed by atoms with Gasteiger partial charge in [0.1, 0.15) is 0 Å². The molecule has 7 nitrogen and oxygen atoms in total. The van der Waals surface area contributed by atoms with E-state index in [0.29, 0.717) is 18.6 Å². The van der Waals surface area contributed by atoms with Crippen LogP contribution >= 0.6 is 11.3 Å². The Morgan fingerprint density at radius 1 is 0.976 bits per heavy atom. The first-order chi connectivity index (χ1) is 20.3. The molecule has 0 atom stereocenters. The van der Waals surface area contributed by atoms with Gasteiger partial charge in [-0.3, -0.25) is 14.9 Å². The summed E-state index contributed by atoms with van der Waals surface area (Å²) in [5, 5.41) is 14.3. The lowest BCUT2D eigenvalue weighted by Crippen LogP contribution is -2.30. The number of ether oxygens (including phenoxy) is 1. The van der Waals surface area contributed by atoms with Crippen molar-refractivity contribution in [3.63, 3.8) is 0 Å². The number of anilines is 1. The van der Waals surface area contributed by atoms with E-state index in [9.17, 15) is 9.59 Å². The number of nitrogens with zero attached hydrogens (tertiary/aromatic N) is 2. The van der Waals surface area contributed by atoms with Crippen LogP contribution < -0.4 is 10.2 Å². The first-order valence-electron chi connectivity index (χ1n) is 15.3. The lowest BCUT2D eigenvalue weighted by molar-refractivity contribution is -0.142. The molecule has 0 amide bonds. The van der Waals surface area contributed by atoms with Crippen LogP contribution in [0.5, 0.6) is 0 Å². The Balaban J connectivity index is 1.50. The van der Waals surface area contributed by atoms with E-state index >= 15 is 0 Å². The van der Waals surface area contributed by atoms with Gasteiger partial charge < -0.3 is 14.7 Å². The zero-order chi connectivity index (χ0) is 30.3. The fourth-order valence-electron chi connectivity index (χ4n) is 5.11. The number of carboxylic acids is 1. The molecule has 42 heavy (non-hydrogen) atoms. The van der Waals surface area contributed by atoms with Crippen LogP contribution in [0, 0.1) is 0 Å². The van der Waals surface area contributed by atoms with Gasteiger partial charge in [0.05, 0.1) is 30.4 Å². The second-order valence-electron chi connectivity index (χ2n) is 11.1. The minimum Gasteiger partial charge on any atom is -0.480 e. The molecule has 0 bridgehead atoms. The van der Waals surface area contributed by atoms with E-state index in [1.807, 2.05) is 0 Å². The number of carbonyl (C=O) groups is 2. The van der Waals surface area contributed by atoms with Gasteiger partial charge in [0.2, 0.25) is 0 Å². The number of unbranched alkanes of at least 4 members (excludes halogenated alkanes) is 1. The van der Waals surface area contributed by atoms with Gasteiger partial charge in [-0.15, -0.1) is 11.3 Å². The van der Waals surface area contributed by atoms with E-state index in [2.05, 4.69) is 91.8 Å². The molecule has 0 fully saturated rings. The number of hydrogen-bond donors (Lipinski definition) is 2. The molecule has 8 heteroatoms. The number of hydrogen-bond acceptors (Lipinski definition) is 7. The molecule has 1 aromatic heterocycles. The lowest BCUT2D eigenvalue weighted by atomic mass is 9.90. The Kier molecular flexibility index (Phi) is 14.0. The maximum atomic E-state index is 11.6. The number of carboxylic acid groups (broad SMARTS) is 1. The summed E-state index contributed by atoms with van der Waals surface area (Å²) in [6, 6.07) is 18.4. The van der Waals surface area contributed by atoms with Crippen molar-refractivity contribution in [1.29, 1.82) is 0 Å². The van der Waals surface area contributed by atoms with Gasteiger partial charge in [-0.2, -0.15) is 0 Å². The third-order valence-corrected chi connectivity index (χ3v) is 8.25. The third kappa shape index (κ3) is 10.9. The summed E-state index contributed by atoms with van der Waals surface area (Å²) < 4.78 is 5.14. The van der Waals surface area contributed by atoms with E-state index in [1.54, 1.807) is 11.3 Å². The van der Waals surface area contributed by atoms with Crippen LogP contribution in [0.1, 0.15) is 88.3 Å². The number of esters is 1. The molecular weight excluding hydrogens is 546 g/mol. The van der Waals surface area contributed by atoms with Crippen molar-refractivity contribution in [2.24, 2.45) is 0 Å². The van der Waals surface area contributed by atoms with Crippen molar-refractivity contribution >= 4 is 29.0 Å². The minimum absolute atomic E-state index is 0.0951. The molecule has 1 heterocycles. The molecule has 0 aliphatic heterocycles. The van der Waals surface area contributed by atoms with Gasteiger partial charge in [0.25, 0.3) is 0 Å². The standard InChI is InChI=1S/C34H47N3O4S/c1-5-9-27(10-6-2)28-16-18-30(19-17-28)37(25(3)4)23-26-12-14-29(15-13-26)31-24-42-32(36-31)11-7-8-20-41-34(40)22-35-21-33(38)39/h12-19,24-25,27,35H,5-11,20-23H2,1-4H3,(H,38,39). The molecule has 0 spiro atoms. The number of aromatic nitrogens is 1. The highest BCUT2D eigenvalue weighted by atomic mass is 32.1. The fourth-order valence-corrected chi connectivity index (χ4v) is 5.96. The highest BCUT2D eigenvalue weighted by molar-refractivity contribution is 7.09. The Bertz CT molecular complexity index is 1220. The first kappa shape index (κ1) is 33.3. The maximum absolute atomic E-state index is 11.6. The summed E-state index contributed by atoms with van der Waals surface area (Å²) >= 11 is 1.65. The predicted octanol–water partition coefficient (Wildman–Crippen LogP) is 7.45. The molecule has 228 valence electrons. The average molecular weight is 594 g/mol. The molecule has 0 saturated heterocycles. The SMILES string of the molecule is CCCC(CCC)c1ccc(N(Cc2ccc(-c3csc(CCCCOC(=O)CNCC(=O)O)n3)cc2)C(C)C)cc1. The summed E-state index contributed by atoms with van der Waals surface area (Å²) in [4.78, 5) is 29.3. The number of carbonyl (C=O) groups excluding carboxylic acids is 1. The summed E-state index contributed by atoms with van der Waals surface area (Å²) in [5.74, 6) is -0.779. The van der Waals surface area contributed by atoms with Crippen LogP contribution in [0.3, 0.4) is 0 Å². The summed E-state index contributed by atoms with van der Waals surface area (Å²) in [6.45, 7) is 9.87. The first-order valence-corrected chi connectivity index (χ1v) is 16.2. The van der Waals surface area contributed by atoms with E-state index in [1.165, 1.54) is 42.5 Å². The normalized spacial score (nSPS) is 11.3. The van der Waals surface area contributed by atoms with Crippen molar-refractivity contribution in [1.82, 2.24) is 10.3 Å². The molecular formula is C34H47N3O4S. The number of nitrogens with one attached hydrogen (secondary N) is 1. The van der Waals surface area contributed by atoms with Crippen LogP contribution in [-0.2, 0) is 27.3 Å². The Labute approximate surface area is 255 Å². The lowest BCUT2D eigenvalue weighted by Gasteiger charge is -2.30. The van der Waals surface area contributed by atoms with Crippen molar-refractivity contribution in [2.75, 3.05) is 24.6 Å². The van der Waals surface area contributed by atoms with E-state index in [4.69, 9.17) is 14.8 Å². The van der Waals surface area contributed by atoms with Crippen molar-refractivity contribution < 1.29 is 19.4 Å². The van der Waals surface area contributed by atoms with Crippen LogP contribution in [0.2, 0.25) is 0 Å². The van der Waals surface area contributed by atoms with Crippen LogP contribution in [0.15, 0.2) is 53.9 Å². The predicted molar refractivity (Wildman–Crippen MR) is 172 cm³/mol. The van der Waals surface area contributed by atoms with Gasteiger partial charge >= 0.3 is 11.9 Å². The van der Waals surface area contributed by atoms with Crippen molar-refractivity contribution in [2.45, 2.75) is 91.1 Å². The largest absolute Gasteiger partial charge is 0.480 e. The number of aliphatic carboxylic acids is 1. The Hall–Kier alpha value is -3.23. The van der Waals surface area contributed by atoms with Gasteiger partial charge in [-0.05, 0) is 75.1 Å². The van der Waals surface area contributed by atoms with Gasteiger partial charge in [-0.1, -0.05) is 63.1 Å². The maximum Gasteiger partial charge on any atom is 0.319 e. The molecule has 2 aromatic carbocycles. The number of thiazole rings is 1. The zero-order valence-corrected chi connectivity index (χ0v) is 26.4. The minimum atomic E-state index is -1.00. The average Bonchev–Trinajstić information content (AvgIpc) is 3.45. The quantitative estimate of drug-likeness (QED) is 0.110. The molecule has 2 N–H and O–H groups in total. The van der Waals surface area contributed by atoms with Crippen molar-refractivity contribution in [3.8, 4) is 11.3 Å². The molecule has 0 aliphatic carbocycles. The topological polar surface area (TPSA) is 91.8 Å². The Morgan fingerprint density at radius 3 is 2.29 bits per heavy atom. The van der Waals surface area contributed by atoms with Crippen LogP contribution in [0.4, 0.5) is 5.69 Å². The van der Waals surface area contributed by atoms with Crippen LogP contribution in [0.25, 0.3) is 11.3 Å². The van der Waals surface area contributed by atoms with E-state index in [-0.39, 0.29) is 13.1 Å². The zero-order valence-electron chi connectivity index (χ0n) is 25.6. The van der Waals surface area contributed by atoms with Crippen molar-refractivity contribution in [3.05, 3.63) is 70.0 Å². The smallest absolute Gasteiger partial charge is 0.319 e. The van der Waals surface area contributed by atoms with E-state index < -0.39 is 11.9 Å². The number of benzene rings is 2. The summed E-state index contributed by atoms with van der Waals surface area (Å²) in [7, 11) is 0. The molecule has 3 aromatic rings. The molecule has 0 aliphatic rings. The van der Waals surface area contributed by atoms with Gasteiger partial charge in [-0.25, -0.2) is 4.98 Å². The summed E-state index contributed by atoms with van der Waals surface area (Å²) in [6.07, 6.45) is 7.38. The summed E-state index contributed by atoms with van der Waals surface area (Å²) in [5.41, 5.74) is 6.10. The number of rotatable bonds is 19. The highest BCUT2D eigenvalue weighted by Gasteiger charge is 2.15. The monoisotopic (exact) mass is 593 g/mol. The highest BCUT2D eigenvalue weighted by Crippen LogP contribution is 2.30. The fraction of sp³-hybridized carbons (Fsp3) is 0.500. The second-order valence-corrected chi connectivity index (χ2v) is 12.0.